The first-order chi connectivity index (χ1) is 9.74. The first-order valence-electron chi connectivity index (χ1n) is 6.88. The van der Waals surface area contributed by atoms with Crippen LogP contribution in [0.4, 0.5) is 11.6 Å². The summed E-state index contributed by atoms with van der Waals surface area (Å²) in [6.45, 7) is 1.96. The molecule has 3 rings (SSSR count). The van der Waals surface area contributed by atoms with Crippen molar-refractivity contribution >= 4 is 23.2 Å². The third-order valence-corrected chi connectivity index (χ3v) is 3.78. The Morgan fingerprint density at radius 2 is 1.90 bits per heavy atom. The molecule has 1 aromatic carbocycles. The van der Waals surface area contributed by atoms with Crippen LogP contribution >= 0.6 is 11.6 Å². The number of aromatic nitrogens is 2. The number of nitrogens with zero attached hydrogens (tertiary/aromatic N) is 3. The standard InChI is InChI=1S/C14H17ClN4O/c15-10-5-6-11(12(16)9-10)13-17-14(18-20-13)19-7-3-1-2-4-8-19/h5-6,9H,1-4,7-8,16H2. The molecule has 0 amide bonds. The number of nitrogens with two attached hydrogens (primary N) is 1. The van der Waals surface area contributed by atoms with Gasteiger partial charge in [-0.1, -0.05) is 24.4 Å². The highest BCUT2D eigenvalue weighted by Gasteiger charge is 2.17. The second kappa shape index (κ2) is 5.71. The van der Waals surface area contributed by atoms with Crippen LogP contribution in [0.3, 0.4) is 0 Å². The highest BCUT2D eigenvalue weighted by Crippen LogP contribution is 2.28. The van der Waals surface area contributed by atoms with Crippen LogP contribution in [0.1, 0.15) is 25.7 Å². The smallest absolute Gasteiger partial charge is 0.266 e. The minimum Gasteiger partial charge on any atom is -0.398 e. The molecule has 2 aromatic rings. The van der Waals surface area contributed by atoms with Crippen molar-refractivity contribution in [2.45, 2.75) is 25.7 Å². The molecule has 0 atom stereocenters. The SMILES string of the molecule is Nc1cc(Cl)ccc1-c1nc(N2CCCCCC2)no1. The van der Waals surface area contributed by atoms with Crippen LogP contribution in [0, 0.1) is 0 Å². The highest BCUT2D eigenvalue weighted by molar-refractivity contribution is 6.31. The predicted octanol–water partition coefficient (Wildman–Crippen LogP) is 3.35. The van der Waals surface area contributed by atoms with Gasteiger partial charge in [-0.05, 0) is 36.2 Å². The van der Waals surface area contributed by atoms with Gasteiger partial charge in [-0.3, -0.25) is 0 Å². The zero-order chi connectivity index (χ0) is 13.9. The Balaban J connectivity index is 1.85. The zero-order valence-corrected chi connectivity index (χ0v) is 11.9. The molecule has 1 aliphatic heterocycles. The molecule has 0 spiro atoms. The van der Waals surface area contributed by atoms with Gasteiger partial charge < -0.3 is 15.2 Å². The van der Waals surface area contributed by atoms with E-state index in [1.165, 1.54) is 25.7 Å². The summed E-state index contributed by atoms with van der Waals surface area (Å²) >= 11 is 5.89. The molecule has 0 unspecified atom stereocenters. The first-order valence-corrected chi connectivity index (χ1v) is 7.26. The molecular weight excluding hydrogens is 276 g/mol. The van der Waals surface area contributed by atoms with Crippen LogP contribution < -0.4 is 10.6 Å². The maximum atomic E-state index is 5.94. The molecule has 1 aromatic heterocycles. The molecule has 1 saturated heterocycles. The zero-order valence-electron chi connectivity index (χ0n) is 11.2. The lowest BCUT2D eigenvalue weighted by Gasteiger charge is -2.16. The predicted molar refractivity (Wildman–Crippen MR) is 79.8 cm³/mol. The van der Waals surface area contributed by atoms with E-state index in [1.54, 1.807) is 18.2 Å². The van der Waals surface area contributed by atoms with Gasteiger partial charge in [0.05, 0.1) is 5.56 Å². The Labute approximate surface area is 122 Å². The molecule has 0 aliphatic carbocycles. The highest BCUT2D eigenvalue weighted by atomic mass is 35.5. The lowest BCUT2D eigenvalue weighted by molar-refractivity contribution is 0.429. The normalized spacial score (nSPS) is 16.1. The Morgan fingerprint density at radius 1 is 1.15 bits per heavy atom. The van der Waals surface area contributed by atoms with Crippen molar-refractivity contribution in [3.05, 3.63) is 23.2 Å². The minimum absolute atomic E-state index is 0.443. The van der Waals surface area contributed by atoms with Crippen LogP contribution in [0.5, 0.6) is 0 Å². The second-order valence-corrected chi connectivity index (χ2v) is 5.47. The molecule has 0 bridgehead atoms. The topological polar surface area (TPSA) is 68.2 Å². The lowest BCUT2D eigenvalue weighted by Crippen LogP contribution is -2.24. The number of halogens is 1. The minimum atomic E-state index is 0.443. The van der Waals surface area contributed by atoms with Crippen LogP contribution in [0.2, 0.25) is 5.02 Å². The summed E-state index contributed by atoms with van der Waals surface area (Å²) in [5.74, 6) is 1.09. The number of nitrogen functional groups attached to an aromatic ring is 1. The number of anilines is 2. The fourth-order valence-corrected chi connectivity index (χ4v) is 2.63. The van der Waals surface area contributed by atoms with Gasteiger partial charge >= 0.3 is 0 Å². The molecule has 2 N–H and O–H groups in total. The van der Waals surface area contributed by atoms with Crippen LogP contribution in [-0.2, 0) is 0 Å². The van der Waals surface area contributed by atoms with Gasteiger partial charge in [-0.25, -0.2) is 0 Å². The van der Waals surface area contributed by atoms with Gasteiger partial charge in [0.1, 0.15) is 0 Å². The van der Waals surface area contributed by atoms with Crippen LogP contribution in [-0.4, -0.2) is 23.2 Å². The number of rotatable bonds is 2. The van der Waals surface area contributed by atoms with Crippen LogP contribution in [0.25, 0.3) is 11.5 Å². The summed E-state index contributed by atoms with van der Waals surface area (Å²) in [5.41, 5.74) is 7.21. The van der Waals surface area contributed by atoms with Gasteiger partial charge in [0.2, 0.25) is 0 Å². The molecule has 1 aliphatic rings. The third-order valence-electron chi connectivity index (χ3n) is 3.55. The number of hydrogen-bond acceptors (Lipinski definition) is 5. The van der Waals surface area contributed by atoms with Crippen molar-refractivity contribution in [2.24, 2.45) is 0 Å². The van der Waals surface area contributed by atoms with E-state index in [1.807, 2.05) is 0 Å². The molecule has 6 heteroatoms. The van der Waals surface area contributed by atoms with E-state index in [2.05, 4.69) is 15.0 Å². The van der Waals surface area contributed by atoms with E-state index < -0.39 is 0 Å². The molecule has 0 saturated carbocycles. The van der Waals surface area contributed by atoms with Gasteiger partial charge in [0.15, 0.2) is 0 Å². The third kappa shape index (κ3) is 2.72. The quantitative estimate of drug-likeness (QED) is 0.860. The van der Waals surface area contributed by atoms with Gasteiger partial charge in [0, 0.05) is 23.8 Å². The molecule has 1 fully saturated rings. The summed E-state index contributed by atoms with van der Waals surface area (Å²) in [4.78, 5) is 6.63. The van der Waals surface area contributed by atoms with Crippen molar-refractivity contribution in [1.29, 1.82) is 0 Å². The van der Waals surface area contributed by atoms with Gasteiger partial charge in [-0.2, -0.15) is 4.98 Å². The Bertz CT molecular complexity index is 591. The van der Waals surface area contributed by atoms with E-state index in [0.717, 1.165) is 18.7 Å². The fraction of sp³-hybridized carbons (Fsp3) is 0.429. The van der Waals surface area contributed by atoms with Gasteiger partial charge in [0.25, 0.3) is 11.8 Å². The van der Waals surface area contributed by atoms with Crippen molar-refractivity contribution in [1.82, 2.24) is 10.1 Å². The average molecular weight is 293 g/mol. The average Bonchev–Trinajstić information content (AvgIpc) is 2.74. The second-order valence-electron chi connectivity index (χ2n) is 5.03. The lowest BCUT2D eigenvalue weighted by atomic mass is 10.2. The number of benzene rings is 1. The van der Waals surface area contributed by atoms with Crippen molar-refractivity contribution in [3.63, 3.8) is 0 Å². The summed E-state index contributed by atoms with van der Waals surface area (Å²) in [6.07, 6.45) is 4.89. The van der Waals surface area contributed by atoms with Crippen molar-refractivity contribution in [2.75, 3.05) is 23.7 Å². The molecule has 2 heterocycles. The van der Waals surface area contributed by atoms with E-state index >= 15 is 0 Å². The van der Waals surface area contributed by atoms with E-state index in [4.69, 9.17) is 21.9 Å². The van der Waals surface area contributed by atoms with Crippen LogP contribution in [0.15, 0.2) is 22.7 Å². The Morgan fingerprint density at radius 3 is 2.60 bits per heavy atom. The first kappa shape index (κ1) is 13.2. The van der Waals surface area contributed by atoms with Gasteiger partial charge in [-0.15, -0.1) is 0 Å². The van der Waals surface area contributed by atoms with E-state index in [-0.39, 0.29) is 0 Å². The molecule has 106 valence electrons. The summed E-state index contributed by atoms with van der Waals surface area (Å²) in [6, 6.07) is 5.26. The van der Waals surface area contributed by atoms with E-state index in [9.17, 15) is 0 Å². The number of hydrogen-bond donors (Lipinski definition) is 1. The molecule has 20 heavy (non-hydrogen) atoms. The summed E-state index contributed by atoms with van der Waals surface area (Å²) in [5, 5.41) is 4.67. The molecule has 5 nitrogen and oxygen atoms in total. The van der Waals surface area contributed by atoms with E-state index in [0.29, 0.717) is 22.5 Å². The maximum absolute atomic E-state index is 5.94. The largest absolute Gasteiger partial charge is 0.398 e. The summed E-state index contributed by atoms with van der Waals surface area (Å²) < 4.78 is 5.34. The maximum Gasteiger partial charge on any atom is 0.266 e. The molecular formula is C14H17ClN4O. The van der Waals surface area contributed by atoms with Crippen molar-refractivity contribution in [3.8, 4) is 11.5 Å². The Hall–Kier alpha value is -1.75. The summed E-state index contributed by atoms with van der Waals surface area (Å²) in [7, 11) is 0. The monoisotopic (exact) mass is 292 g/mol. The molecule has 0 radical (unpaired) electrons. The Kier molecular flexibility index (Phi) is 3.78. The van der Waals surface area contributed by atoms with Crippen molar-refractivity contribution < 1.29 is 4.52 Å². The fourth-order valence-electron chi connectivity index (χ4n) is 2.45.